The molecule has 0 bridgehead atoms. The van der Waals surface area contributed by atoms with Crippen LogP contribution in [0.15, 0.2) is 42.5 Å². The second-order valence-corrected chi connectivity index (χ2v) is 5.50. The van der Waals surface area contributed by atoms with E-state index in [4.69, 9.17) is 9.47 Å². The number of aromatic nitrogens is 4. The average molecular weight is 322 g/mol. The van der Waals surface area contributed by atoms with Gasteiger partial charge in [-0.15, -0.1) is 10.2 Å². The van der Waals surface area contributed by atoms with Crippen molar-refractivity contribution in [1.82, 2.24) is 20.2 Å². The summed E-state index contributed by atoms with van der Waals surface area (Å²) >= 11 is 0. The van der Waals surface area contributed by atoms with Gasteiger partial charge in [-0.2, -0.15) is 4.80 Å². The number of hydrogen-bond acceptors (Lipinski definition) is 6. The molecule has 1 aromatic heterocycles. The maximum atomic E-state index is 12.4. The van der Waals surface area contributed by atoms with Crippen molar-refractivity contribution < 1.29 is 14.3 Å². The number of carbonyl (C=O) groups is 1. The van der Waals surface area contributed by atoms with Gasteiger partial charge in [-0.1, -0.05) is 29.8 Å². The number of nitrogens with zero attached hydrogens (tertiary/aromatic N) is 4. The molecule has 4 rings (SSSR count). The molecule has 7 heteroatoms. The topological polar surface area (TPSA) is 79.1 Å². The number of fused-ring (bicyclic) bond motifs is 1. The number of rotatable bonds is 4. The van der Waals surface area contributed by atoms with Gasteiger partial charge in [0.1, 0.15) is 6.54 Å². The van der Waals surface area contributed by atoms with Gasteiger partial charge < -0.3 is 9.47 Å². The van der Waals surface area contributed by atoms with Crippen LogP contribution in [0.2, 0.25) is 0 Å². The van der Waals surface area contributed by atoms with E-state index < -0.39 is 0 Å². The predicted molar refractivity (Wildman–Crippen MR) is 84.9 cm³/mol. The van der Waals surface area contributed by atoms with E-state index in [1.807, 2.05) is 31.2 Å². The van der Waals surface area contributed by atoms with Crippen LogP contribution in [0.25, 0.3) is 11.4 Å². The van der Waals surface area contributed by atoms with Crippen molar-refractivity contribution in [3.63, 3.8) is 0 Å². The van der Waals surface area contributed by atoms with Gasteiger partial charge in [0, 0.05) is 11.1 Å². The SMILES string of the molecule is Cc1ccc(-c2nnn(CC(=O)c3ccc4c(c3)OCO4)n2)cc1. The van der Waals surface area contributed by atoms with Gasteiger partial charge in [0.25, 0.3) is 0 Å². The number of Topliss-reactive ketones (excluding diaryl/α,β-unsaturated/α-hetero) is 1. The van der Waals surface area contributed by atoms with E-state index in [0.29, 0.717) is 22.9 Å². The Morgan fingerprint density at radius 3 is 2.75 bits per heavy atom. The number of carbonyl (C=O) groups excluding carboxylic acids is 1. The molecule has 0 saturated heterocycles. The first-order chi connectivity index (χ1) is 11.7. The zero-order valence-electron chi connectivity index (χ0n) is 13.0. The molecular formula is C17H14N4O3. The van der Waals surface area contributed by atoms with Gasteiger partial charge in [-0.25, -0.2) is 0 Å². The van der Waals surface area contributed by atoms with Gasteiger partial charge in [0.05, 0.1) is 0 Å². The van der Waals surface area contributed by atoms with Crippen LogP contribution in [0.5, 0.6) is 11.5 Å². The molecule has 1 aliphatic rings. The van der Waals surface area contributed by atoms with Gasteiger partial charge in [0.2, 0.25) is 12.6 Å². The predicted octanol–water partition coefficient (Wildman–Crippen LogP) is 2.26. The highest BCUT2D eigenvalue weighted by atomic mass is 16.7. The molecule has 0 fully saturated rings. The Morgan fingerprint density at radius 1 is 1.12 bits per heavy atom. The van der Waals surface area contributed by atoms with Crippen LogP contribution in [0.4, 0.5) is 0 Å². The van der Waals surface area contributed by atoms with Crippen LogP contribution in [0.1, 0.15) is 15.9 Å². The van der Waals surface area contributed by atoms with Crippen molar-refractivity contribution in [2.45, 2.75) is 13.5 Å². The summed E-state index contributed by atoms with van der Waals surface area (Å²) in [7, 11) is 0. The first-order valence-electron chi connectivity index (χ1n) is 7.47. The van der Waals surface area contributed by atoms with Crippen LogP contribution in [0, 0.1) is 6.92 Å². The molecule has 120 valence electrons. The first kappa shape index (κ1) is 14.4. The van der Waals surface area contributed by atoms with Crippen molar-refractivity contribution in [2.75, 3.05) is 6.79 Å². The Morgan fingerprint density at radius 2 is 1.92 bits per heavy atom. The minimum absolute atomic E-state index is 0.0124. The zero-order valence-corrected chi connectivity index (χ0v) is 13.0. The minimum Gasteiger partial charge on any atom is -0.454 e. The lowest BCUT2D eigenvalue weighted by Crippen LogP contribution is -2.13. The normalized spacial score (nSPS) is 12.4. The fourth-order valence-electron chi connectivity index (χ4n) is 2.42. The lowest BCUT2D eigenvalue weighted by molar-refractivity contribution is 0.0961. The van der Waals surface area contributed by atoms with E-state index >= 15 is 0 Å². The molecule has 0 amide bonds. The molecule has 0 unspecified atom stereocenters. The Kier molecular flexibility index (Phi) is 3.45. The fraction of sp³-hybridized carbons (Fsp3) is 0.176. The van der Waals surface area contributed by atoms with E-state index in [9.17, 15) is 4.79 Å². The molecule has 7 nitrogen and oxygen atoms in total. The summed E-state index contributed by atoms with van der Waals surface area (Å²) in [5, 5.41) is 12.2. The number of aryl methyl sites for hydroxylation is 1. The Hall–Kier alpha value is -3.22. The van der Waals surface area contributed by atoms with Gasteiger partial charge >= 0.3 is 0 Å². The third-order valence-electron chi connectivity index (χ3n) is 3.74. The van der Waals surface area contributed by atoms with E-state index in [1.165, 1.54) is 4.80 Å². The molecular weight excluding hydrogens is 308 g/mol. The van der Waals surface area contributed by atoms with Crippen LogP contribution in [0.3, 0.4) is 0 Å². The van der Waals surface area contributed by atoms with E-state index in [1.54, 1.807) is 18.2 Å². The largest absolute Gasteiger partial charge is 0.454 e. The smallest absolute Gasteiger partial charge is 0.231 e. The maximum Gasteiger partial charge on any atom is 0.231 e. The van der Waals surface area contributed by atoms with E-state index in [0.717, 1.165) is 11.1 Å². The highest BCUT2D eigenvalue weighted by molar-refractivity contribution is 5.96. The van der Waals surface area contributed by atoms with Gasteiger partial charge in [0.15, 0.2) is 17.3 Å². The summed E-state index contributed by atoms with van der Waals surface area (Å²) in [6.07, 6.45) is 0. The zero-order chi connectivity index (χ0) is 16.5. The number of benzene rings is 2. The summed E-state index contributed by atoms with van der Waals surface area (Å²) < 4.78 is 10.5. The maximum absolute atomic E-state index is 12.4. The Labute approximate surface area is 137 Å². The molecule has 0 radical (unpaired) electrons. The second kappa shape index (κ2) is 5.77. The lowest BCUT2D eigenvalue weighted by atomic mass is 10.1. The number of ether oxygens (including phenoxy) is 2. The Bertz CT molecular complexity index is 902. The molecule has 3 aromatic rings. The molecule has 0 aliphatic carbocycles. The monoisotopic (exact) mass is 322 g/mol. The van der Waals surface area contributed by atoms with Crippen molar-refractivity contribution in [2.24, 2.45) is 0 Å². The molecule has 24 heavy (non-hydrogen) atoms. The molecule has 0 atom stereocenters. The lowest BCUT2D eigenvalue weighted by Gasteiger charge is -2.01. The van der Waals surface area contributed by atoms with E-state index in [2.05, 4.69) is 15.4 Å². The third-order valence-corrected chi connectivity index (χ3v) is 3.74. The molecule has 0 N–H and O–H groups in total. The third kappa shape index (κ3) is 2.71. The quantitative estimate of drug-likeness (QED) is 0.686. The van der Waals surface area contributed by atoms with Crippen LogP contribution in [-0.4, -0.2) is 32.8 Å². The van der Waals surface area contributed by atoms with Crippen molar-refractivity contribution in [3.8, 4) is 22.9 Å². The summed E-state index contributed by atoms with van der Waals surface area (Å²) in [5.74, 6) is 1.59. The summed E-state index contributed by atoms with van der Waals surface area (Å²) in [6, 6.07) is 12.9. The molecule has 0 spiro atoms. The van der Waals surface area contributed by atoms with Gasteiger partial charge in [-0.3, -0.25) is 4.79 Å². The number of ketones is 1. The van der Waals surface area contributed by atoms with Crippen LogP contribution < -0.4 is 9.47 Å². The summed E-state index contributed by atoms with van der Waals surface area (Å²) in [4.78, 5) is 13.7. The van der Waals surface area contributed by atoms with Gasteiger partial charge in [-0.05, 0) is 30.3 Å². The van der Waals surface area contributed by atoms with Crippen molar-refractivity contribution >= 4 is 5.78 Å². The number of tetrazole rings is 1. The minimum atomic E-state index is -0.124. The van der Waals surface area contributed by atoms with Crippen molar-refractivity contribution in [1.29, 1.82) is 0 Å². The number of hydrogen-bond donors (Lipinski definition) is 0. The second-order valence-electron chi connectivity index (χ2n) is 5.50. The molecule has 2 aromatic carbocycles. The molecule has 0 saturated carbocycles. The first-order valence-corrected chi connectivity index (χ1v) is 7.47. The van der Waals surface area contributed by atoms with Crippen LogP contribution in [-0.2, 0) is 6.54 Å². The van der Waals surface area contributed by atoms with E-state index in [-0.39, 0.29) is 19.1 Å². The fourth-order valence-corrected chi connectivity index (χ4v) is 2.42. The summed E-state index contributed by atoms with van der Waals surface area (Å²) in [5.41, 5.74) is 2.54. The summed E-state index contributed by atoms with van der Waals surface area (Å²) in [6.45, 7) is 2.20. The average Bonchev–Trinajstić information content (AvgIpc) is 3.24. The van der Waals surface area contributed by atoms with Crippen molar-refractivity contribution in [3.05, 3.63) is 53.6 Å². The highest BCUT2D eigenvalue weighted by Gasteiger charge is 2.17. The highest BCUT2D eigenvalue weighted by Crippen LogP contribution is 2.32. The molecule has 1 aliphatic heterocycles. The molecule has 2 heterocycles. The Balaban J connectivity index is 1.51. The van der Waals surface area contributed by atoms with Crippen LogP contribution >= 0.6 is 0 Å². The standard InChI is InChI=1S/C17H14N4O3/c1-11-2-4-12(5-3-11)17-18-20-21(19-17)9-14(22)13-6-7-15-16(8-13)24-10-23-15/h2-8H,9-10H2,1H3.